The third-order valence-electron chi connectivity index (χ3n) is 5.06. The highest BCUT2D eigenvalue weighted by molar-refractivity contribution is 5.82. The van der Waals surface area contributed by atoms with E-state index in [4.69, 9.17) is 19.7 Å². The van der Waals surface area contributed by atoms with Crippen LogP contribution in [0.3, 0.4) is 0 Å². The zero-order valence-electron chi connectivity index (χ0n) is 19.0. The van der Waals surface area contributed by atoms with Gasteiger partial charge in [0.2, 0.25) is 0 Å². The first-order valence-corrected chi connectivity index (χ1v) is 11.1. The van der Waals surface area contributed by atoms with Crippen molar-refractivity contribution in [3.8, 4) is 6.07 Å². The SMILES string of the molecule is CCOC(=O)CCCNc1ccc2c(c1)nc(Cc1ccc(C#N)cc1)n2CC(=O)OCC. The van der Waals surface area contributed by atoms with Gasteiger partial charge in [-0.3, -0.25) is 9.59 Å². The Bertz CT molecular complexity index is 1150. The van der Waals surface area contributed by atoms with Gasteiger partial charge in [0.05, 0.1) is 35.9 Å². The lowest BCUT2D eigenvalue weighted by Gasteiger charge is -2.10. The van der Waals surface area contributed by atoms with Crippen molar-refractivity contribution >= 4 is 28.7 Å². The number of anilines is 1. The second-order valence-corrected chi connectivity index (χ2v) is 7.44. The summed E-state index contributed by atoms with van der Waals surface area (Å²) < 4.78 is 12.0. The zero-order valence-corrected chi connectivity index (χ0v) is 19.0. The summed E-state index contributed by atoms with van der Waals surface area (Å²) in [5, 5.41) is 12.3. The molecule has 0 atom stereocenters. The van der Waals surface area contributed by atoms with E-state index < -0.39 is 0 Å². The highest BCUT2D eigenvalue weighted by Gasteiger charge is 2.15. The van der Waals surface area contributed by atoms with Gasteiger partial charge in [0.1, 0.15) is 12.4 Å². The molecule has 1 aromatic heterocycles. The lowest BCUT2D eigenvalue weighted by atomic mass is 10.1. The molecule has 0 aliphatic heterocycles. The molecule has 0 radical (unpaired) electrons. The first-order chi connectivity index (χ1) is 16.0. The van der Waals surface area contributed by atoms with Crippen LogP contribution in [0.1, 0.15) is 43.6 Å². The number of esters is 2. The summed E-state index contributed by atoms with van der Waals surface area (Å²) in [5.74, 6) is 0.223. The Labute approximate surface area is 193 Å². The smallest absolute Gasteiger partial charge is 0.326 e. The van der Waals surface area contributed by atoms with Crippen molar-refractivity contribution in [2.75, 3.05) is 25.1 Å². The van der Waals surface area contributed by atoms with Crippen LogP contribution in [-0.2, 0) is 32.0 Å². The summed E-state index contributed by atoms with van der Waals surface area (Å²) in [4.78, 5) is 28.5. The van der Waals surface area contributed by atoms with Crippen LogP contribution in [0, 0.1) is 11.3 Å². The minimum Gasteiger partial charge on any atom is -0.466 e. The highest BCUT2D eigenvalue weighted by Crippen LogP contribution is 2.23. The monoisotopic (exact) mass is 448 g/mol. The number of nitrogens with one attached hydrogen (secondary N) is 1. The molecule has 33 heavy (non-hydrogen) atoms. The van der Waals surface area contributed by atoms with Crippen molar-refractivity contribution in [3.05, 3.63) is 59.4 Å². The molecule has 8 heteroatoms. The van der Waals surface area contributed by atoms with Gasteiger partial charge < -0.3 is 19.4 Å². The van der Waals surface area contributed by atoms with Gasteiger partial charge in [-0.1, -0.05) is 12.1 Å². The summed E-state index contributed by atoms with van der Waals surface area (Å²) in [6.45, 7) is 4.98. The average molecular weight is 449 g/mol. The summed E-state index contributed by atoms with van der Waals surface area (Å²) in [7, 11) is 0. The number of nitrogens with zero attached hydrogens (tertiary/aromatic N) is 3. The van der Waals surface area contributed by atoms with Gasteiger partial charge in [0.25, 0.3) is 0 Å². The number of hydrogen-bond acceptors (Lipinski definition) is 7. The van der Waals surface area contributed by atoms with Gasteiger partial charge in [-0.25, -0.2) is 4.98 Å². The van der Waals surface area contributed by atoms with Crippen molar-refractivity contribution in [2.24, 2.45) is 0 Å². The van der Waals surface area contributed by atoms with Gasteiger partial charge in [0.15, 0.2) is 0 Å². The summed E-state index contributed by atoms with van der Waals surface area (Å²) >= 11 is 0. The molecule has 8 nitrogen and oxygen atoms in total. The number of aromatic nitrogens is 2. The molecule has 3 aromatic rings. The normalized spacial score (nSPS) is 10.6. The molecule has 0 saturated carbocycles. The first-order valence-electron chi connectivity index (χ1n) is 11.1. The fourth-order valence-electron chi connectivity index (χ4n) is 3.52. The van der Waals surface area contributed by atoms with Crippen molar-refractivity contribution in [3.63, 3.8) is 0 Å². The number of imidazole rings is 1. The molecular weight excluding hydrogens is 420 g/mol. The molecule has 1 heterocycles. The Kier molecular flexibility index (Phi) is 8.42. The van der Waals surface area contributed by atoms with E-state index in [1.807, 2.05) is 34.9 Å². The molecule has 0 unspecified atom stereocenters. The van der Waals surface area contributed by atoms with Crippen LogP contribution in [-0.4, -0.2) is 41.2 Å². The Balaban J connectivity index is 1.79. The van der Waals surface area contributed by atoms with Gasteiger partial charge >= 0.3 is 11.9 Å². The molecule has 172 valence electrons. The fraction of sp³-hybridized carbons (Fsp3) is 0.360. The number of carbonyl (C=O) groups excluding carboxylic acids is 2. The average Bonchev–Trinajstić information content (AvgIpc) is 3.13. The standard InChI is InChI=1S/C25H28N4O4/c1-3-32-24(30)6-5-13-27-20-11-12-22-21(15-20)28-23(29(22)17-25(31)33-4-2)14-18-7-9-19(16-26)10-8-18/h7-12,15,27H,3-6,13-14,17H2,1-2H3. The largest absolute Gasteiger partial charge is 0.466 e. The zero-order chi connectivity index (χ0) is 23.6. The van der Waals surface area contributed by atoms with E-state index in [1.165, 1.54) is 0 Å². The van der Waals surface area contributed by atoms with Crippen LogP contribution in [0.25, 0.3) is 11.0 Å². The van der Waals surface area contributed by atoms with E-state index in [0.29, 0.717) is 44.6 Å². The van der Waals surface area contributed by atoms with Crippen molar-refractivity contribution in [1.82, 2.24) is 9.55 Å². The second-order valence-electron chi connectivity index (χ2n) is 7.44. The molecule has 0 fully saturated rings. The third-order valence-corrected chi connectivity index (χ3v) is 5.06. The lowest BCUT2D eigenvalue weighted by molar-refractivity contribution is -0.144. The maximum atomic E-state index is 12.2. The van der Waals surface area contributed by atoms with E-state index in [0.717, 1.165) is 28.1 Å². The molecule has 2 aromatic carbocycles. The molecule has 3 rings (SSSR count). The molecule has 0 aliphatic carbocycles. The maximum Gasteiger partial charge on any atom is 0.326 e. The molecule has 0 amide bonds. The number of benzene rings is 2. The van der Waals surface area contributed by atoms with Gasteiger partial charge in [-0.15, -0.1) is 0 Å². The number of hydrogen-bond donors (Lipinski definition) is 1. The highest BCUT2D eigenvalue weighted by atomic mass is 16.5. The van der Waals surface area contributed by atoms with Crippen LogP contribution in [0.2, 0.25) is 0 Å². The Morgan fingerprint density at radius 2 is 1.79 bits per heavy atom. The quantitative estimate of drug-likeness (QED) is 0.351. The van der Waals surface area contributed by atoms with Crippen LogP contribution in [0.4, 0.5) is 5.69 Å². The van der Waals surface area contributed by atoms with E-state index in [-0.39, 0.29) is 18.5 Å². The van der Waals surface area contributed by atoms with Crippen LogP contribution in [0.5, 0.6) is 0 Å². The van der Waals surface area contributed by atoms with Crippen molar-refractivity contribution < 1.29 is 19.1 Å². The molecule has 0 saturated heterocycles. The molecular formula is C25H28N4O4. The number of fused-ring (bicyclic) bond motifs is 1. The molecule has 0 aliphatic rings. The maximum absolute atomic E-state index is 12.2. The minimum atomic E-state index is -0.320. The molecule has 0 spiro atoms. The van der Waals surface area contributed by atoms with E-state index in [1.54, 1.807) is 26.0 Å². The predicted octanol–water partition coefficient (Wildman–Crippen LogP) is 3.82. The number of nitriles is 1. The predicted molar refractivity (Wildman–Crippen MR) is 125 cm³/mol. The lowest BCUT2D eigenvalue weighted by Crippen LogP contribution is -2.15. The first kappa shape index (κ1) is 23.8. The summed E-state index contributed by atoms with van der Waals surface area (Å²) in [5.41, 5.74) is 4.07. The van der Waals surface area contributed by atoms with Crippen LogP contribution in [0.15, 0.2) is 42.5 Å². The fourth-order valence-corrected chi connectivity index (χ4v) is 3.52. The molecule has 1 N–H and O–H groups in total. The minimum absolute atomic E-state index is 0.0717. The number of carbonyl (C=O) groups is 2. The van der Waals surface area contributed by atoms with E-state index >= 15 is 0 Å². The Hall–Kier alpha value is -3.86. The van der Waals surface area contributed by atoms with Gasteiger partial charge in [-0.2, -0.15) is 5.26 Å². The van der Waals surface area contributed by atoms with Crippen LogP contribution >= 0.6 is 0 Å². The third kappa shape index (κ3) is 6.56. The number of ether oxygens (including phenoxy) is 2. The van der Waals surface area contributed by atoms with Gasteiger partial charge in [0, 0.05) is 25.1 Å². The second kappa shape index (κ2) is 11.7. The summed E-state index contributed by atoms with van der Waals surface area (Å²) in [6.07, 6.45) is 1.55. The van der Waals surface area contributed by atoms with Gasteiger partial charge in [-0.05, 0) is 56.2 Å². The van der Waals surface area contributed by atoms with Crippen molar-refractivity contribution in [1.29, 1.82) is 5.26 Å². The van der Waals surface area contributed by atoms with Crippen LogP contribution < -0.4 is 5.32 Å². The molecule has 0 bridgehead atoms. The Morgan fingerprint density at radius 1 is 1.06 bits per heavy atom. The topological polar surface area (TPSA) is 106 Å². The summed E-state index contributed by atoms with van der Waals surface area (Å²) in [6, 6.07) is 15.2. The van der Waals surface area contributed by atoms with Crippen molar-refractivity contribution in [2.45, 2.75) is 39.7 Å². The van der Waals surface area contributed by atoms with E-state index in [9.17, 15) is 9.59 Å². The Morgan fingerprint density at radius 3 is 2.48 bits per heavy atom. The van der Waals surface area contributed by atoms with E-state index in [2.05, 4.69) is 11.4 Å². The number of rotatable bonds is 11.